The lowest BCUT2D eigenvalue weighted by molar-refractivity contribution is -0.117. The number of benzene rings is 2. The Morgan fingerprint density at radius 2 is 2.00 bits per heavy atom. The van der Waals surface area contributed by atoms with Crippen LogP contribution in [0, 0.1) is 0 Å². The second-order valence-corrected chi connectivity index (χ2v) is 6.96. The zero-order valence-corrected chi connectivity index (χ0v) is 15.1. The van der Waals surface area contributed by atoms with E-state index in [0.29, 0.717) is 35.2 Å². The van der Waals surface area contributed by atoms with Gasteiger partial charge in [-0.05, 0) is 48.2 Å². The fourth-order valence-electron chi connectivity index (χ4n) is 2.94. The highest BCUT2D eigenvalue weighted by atomic mass is 35.5. The van der Waals surface area contributed by atoms with Crippen LogP contribution in [0.25, 0.3) is 0 Å². The first-order valence-corrected chi connectivity index (χ1v) is 8.84. The van der Waals surface area contributed by atoms with Gasteiger partial charge in [0.2, 0.25) is 5.91 Å². The minimum atomic E-state index is -0.217. The Labute approximate surface area is 152 Å². The highest BCUT2D eigenvalue weighted by Gasteiger charge is 2.24. The van der Waals surface area contributed by atoms with Gasteiger partial charge in [-0.15, -0.1) is 0 Å². The third-order valence-corrected chi connectivity index (χ3v) is 4.70. The first-order chi connectivity index (χ1) is 12.0. The van der Waals surface area contributed by atoms with Crippen molar-refractivity contribution in [1.29, 1.82) is 0 Å². The van der Waals surface area contributed by atoms with Gasteiger partial charge in [-0.2, -0.15) is 0 Å². The maximum absolute atomic E-state index is 12.6. The Kier molecular flexibility index (Phi) is 5.09. The summed E-state index contributed by atoms with van der Waals surface area (Å²) >= 11 is 6.24. The highest BCUT2D eigenvalue weighted by Crippen LogP contribution is 2.30. The zero-order chi connectivity index (χ0) is 18.0. The molecule has 5 heteroatoms. The van der Waals surface area contributed by atoms with Crippen molar-refractivity contribution >= 4 is 34.8 Å². The lowest BCUT2D eigenvalue weighted by Crippen LogP contribution is -2.24. The molecule has 0 radical (unpaired) electrons. The van der Waals surface area contributed by atoms with E-state index >= 15 is 0 Å². The minimum absolute atomic E-state index is 0.0455. The molecule has 25 heavy (non-hydrogen) atoms. The monoisotopic (exact) mass is 356 g/mol. The van der Waals surface area contributed by atoms with Gasteiger partial charge in [-0.1, -0.05) is 37.6 Å². The first-order valence-electron chi connectivity index (χ1n) is 8.47. The molecule has 2 aromatic rings. The maximum atomic E-state index is 12.6. The number of carbonyl (C=O) groups excluding carboxylic acids is 2. The highest BCUT2D eigenvalue weighted by molar-refractivity contribution is 6.34. The van der Waals surface area contributed by atoms with E-state index in [-0.39, 0.29) is 11.8 Å². The second-order valence-electron chi connectivity index (χ2n) is 6.55. The van der Waals surface area contributed by atoms with Crippen LogP contribution < -0.4 is 10.2 Å². The van der Waals surface area contributed by atoms with E-state index in [1.54, 1.807) is 23.1 Å². The van der Waals surface area contributed by atoms with Gasteiger partial charge in [0.05, 0.1) is 10.7 Å². The molecule has 3 rings (SSSR count). The molecule has 1 aliphatic heterocycles. The van der Waals surface area contributed by atoms with Gasteiger partial charge < -0.3 is 10.2 Å². The summed E-state index contributed by atoms with van der Waals surface area (Å²) < 4.78 is 0. The van der Waals surface area contributed by atoms with Crippen LogP contribution in [0.5, 0.6) is 0 Å². The average molecular weight is 357 g/mol. The molecular formula is C20H21ClN2O2. The Balaban J connectivity index is 1.83. The van der Waals surface area contributed by atoms with Gasteiger partial charge in [0.15, 0.2) is 0 Å². The van der Waals surface area contributed by atoms with E-state index < -0.39 is 0 Å². The number of anilines is 2. The fraction of sp³-hybridized carbons (Fsp3) is 0.300. The van der Waals surface area contributed by atoms with Crippen molar-refractivity contribution in [2.75, 3.05) is 16.8 Å². The van der Waals surface area contributed by atoms with Crippen LogP contribution in [-0.4, -0.2) is 18.4 Å². The van der Waals surface area contributed by atoms with Gasteiger partial charge in [0.25, 0.3) is 5.91 Å². The fourth-order valence-corrected chi connectivity index (χ4v) is 3.16. The number of nitrogens with zero attached hydrogens (tertiary/aromatic N) is 1. The molecule has 0 atom stereocenters. The number of hydrogen-bond donors (Lipinski definition) is 1. The number of amides is 2. The SMILES string of the molecule is CC(C)c1cccc(NC(=O)c2ccc(Cl)c(N3CCCC3=O)c2)c1. The van der Waals surface area contributed by atoms with Gasteiger partial charge in [-0.3, -0.25) is 9.59 Å². The van der Waals surface area contributed by atoms with Crippen LogP contribution in [0.3, 0.4) is 0 Å². The van der Waals surface area contributed by atoms with Crippen molar-refractivity contribution < 1.29 is 9.59 Å². The third-order valence-electron chi connectivity index (χ3n) is 4.38. The van der Waals surface area contributed by atoms with Crippen molar-refractivity contribution in [3.63, 3.8) is 0 Å². The molecule has 0 saturated carbocycles. The summed E-state index contributed by atoms with van der Waals surface area (Å²) in [7, 11) is 0. The van der Waals surface area contributed by atoms with E-state index in [4.69, 9.17) is 11.6 Å². The molecule has 0 unspecified atom stereocenters. The number of hydrogen-bond acceptors (Lipinski definition) is 2. The number of nitrogens with one attached hydrogen (secondary N) is 1. The average Bonchev–Trinajstić information content (AvgIpc) is 3.01. The molecule has 0 aliphatic carbocycles. The van der Waals surface area contributed by atoms with Gasteiger partial charge in [0, 0.05) is 24.2 Å². The van der Waals surface area contributed by atoms with Crippen molar-refractivity contribution in [3.8, 4) is 0 Å². The van der Waals surface area contributed by atoms with Gasteiger partial charge in [-0.25, -0.2) is 0 Å². The van der Waals surface area contributed by atoms with Crippen molar-refractivity contribution in [1.82, 2.24) is 0 Å². The minimum Gasteiger partial charge on any atom is -0.322 e. The lowest BCUT2D eigenvalue weighted by Gasteiger charge is -2.18. The van der Waals surface area contributed by atoms with E-state index in [1.165, 1.54) is 0 Å². The molecule has 4 nitrogen and oxygen atoms in total. The Bertz CT molecular complexity index is 817. The van der Waals surface area contributed by atoms with Crippen LogP contribution in [0.1, 0.15) is 48.5 Å². The molecule has 0 aromatic heterocycles. The summed E-state index contributed by atoms with van der Waals surface area (Å²) in [6.45, 7) is 4.86. The Morgan fingerprint density at radius 1 is 1.20 bits per heavy atom. The largest absolute Gasteiger partial charge is 0.322 e. The number of carbonyl (C=O) groups is 2. The van der Waals surface area contributed by atoms with E-state index in [0.717, 1.165) is 17.7 Å². The molecule has 1 N–H and O–H groups in total. The lowest BCUT2D eigenvalue weighted by atomic mass is 10.0. The van der Waals surface area contributed by atoms with Crippen LogP contribution in [0.2, 0.25) is 5.02 Å². The molecule has 2 aromatic carbocycles. The van der Waals surface area contributed by atoms with Crippen LogP contribution in [0.4, 0.5) is 11.4 Å². The molecule has 1 heterocycles. The van der Waals surface area contributed by atoms with Gasteiger partial charge >= 0.3 is 0 Å². The van der Waals surface area contributed by atoms with Gasteiger partial charge in [0.1, 0.15) is 0 Å². The van der Waals surface area contributed by atoms with E-state index in [2.05, 4.69) is 19.2 Å². The molecule has 1 fully saturated rings. The number of rotatable bonds is 4. The topological polar surface area (TPSA) is 49.4 Å². The maximum Gasteiger partial charge on any atom is 0.255 e. The molecule has 1 aliphatic rings. The standard InChI is InChI=1S/C20H21ClN2O2/c1-13(2)14-5-3-6-16(11-14)22-20(25)15-8-9-17(21)18(12-15)23-10-4-7-19(23)24/h3,5-6,8-9,11-13H,4,7,10H2,1-2H3,(H,22,25). The Hall–Kier alpha value is -2.33. The van der Waals surface area contributed by atoms with E-state index in [1.807, 2.05) is 24.3 Å². The zero-order valence-electron chi connectivity index (χ0n) is 14.4. The summed E-state index contributed by atoms with van der Waals surface area (Å²) in [5.41, 5.74) is 3.00. The summed E-state index contributed by atoms with van der Waals surface area (Å²) in [6, 6.07) is 12.8. The number of halogens is 1. The van der Waals surface area contributed by atoms with Crippen molar-refractivity contribution in [2.24, 2.45) is 0 Å². The quantitative estimate of drug-likeness (QED) is 0.851. The van der Waals surface area contributed by atoms with Crippen molar-refractivity contribution in [3.05, 3.63) is 58.6 Å². The van der Waals surface area contributed by atoms with Crippen molar-refractivity contribution in [2.45, 2.75) is 32.6 Å². The molecule has 130 valence electrons. The summed E-state index contributed by atoms with van der Waals surface area (Å²) in [5, 5.41) is 3.40. The second kappa shape index (κ2) is 7.28. The van der Waals surface area contributed by atoms with E-state index in [9.17, 15) is 9.59 Å². The Morgan fingerprint density at radius 3 is 2.68 bits per heavy atom. The first kappa shape index (κ1) is 17.5. The predicted octanol–water partition coefficient (Wildman–Crippen LogP) is 4.84. The summed E-state index contributed by atoms with van der Waals surface area (Å²) in [4.78, 5) is 26.2. The third kappa shape index (κ3) is 3.85. The van der Waals surface area contributed by atoms with Crippen LogP contribution in [0.15, 0.2) is 42.5 Å². The smallest absolute Gasteiger partial charge is 0.255 e. The molecule has 1 saturated heterocycles. The van der Waals surface area contributed by atoms with Crippen LogP contribution in [-0.2, 0) is 4.79 Å². The molecular weight excluding hydrogens is 336 g/mol. The molecule has 2 amide bonds. The predicted molar refractivity (Wildman–Crippen MR) is 102 cm³/mol. The summed E-state index contributed by atoms with van der Waals surface area (Å²) in [6.07, 6.45) is 1.34. The summed E-state index contributed by atoms with van der Waals surface area (Å²) in [5.74, 6) is 0.217. The van der Waals surface area contributed by atoms with Crippen LogP contribution >= 0.6 is 11.6 Å². The molecule has 0 spiro atoms. The molecule has 0 bridgehead atoms. The normalized spacial score (nSPS) is 14.2.